The molecule has 2 aromatic carbocycles. The van der Waals surface area contributed by atoms with Gasteiger partial charge in [0.1, 0.15) is 11.1 Å². The average molecular weight is 495 g/mol. The fourth-order valence-electron chi connectivity index (χ4n) is 8.04. The minimum Gasteiger partial charge on any atom is -0.281 e. The Bertz CT molecular complexity index is 1690. The number of H-pyrrole nitrogens is 1. The van der Waals surface area contributed by atoms with Gasteiger partial charge in [-0.3, -0.25) is 10.1 Å². The molecule has 0 spiro atoms. The van der Waals surface area contributed by atoms with E-state index in [0.717, 1.165) is 22.8 Å². The van der Waals surface area contributed by atoms with E-state index in [9.17, 15) is 0 Å². The molecule has 0 amide bonds. The highest BCUT2D eigenvalue weighted by Crippen LogP contribution is 2.68. The Labute approximate surface area is 223 Å². The van der Waals surface area contributed by atoms with Crippen molar-refractivity contribution in [2.75, 3.05) is 0 Å². The molecule has 4 nitrogen and oxygen atoms in total. The third kappa shape index (κ3) is 2.44. The van der Waals surface area contributed by atoms with Gasteiger partial charge in [0.05, 0.1) is 17.1 Å². The Balaban J connectivity index is 1.40. The predicted octanol–water partition coefficient (Wildman–Crippen LogP) is 7.40. The second-order valence-electron chi connectivity index (χ2n) is 12.0. The zero-order valence-corrected chi connectivity index (χ0v) is 22.0. The first-order valence-electron chi connectivity index (χ1n) is 13.7. The summed E-state index contributed by atoms with van der Waals surface area (Å²) in [5.41, 5.74) is 11.3. The van der Waals surface area contributed by atoms with E-state index in [-0.39, 0.29) is 10.8 Å². The molecule has 3 aromatic heterocycles. The van der Waals surface area contributed by atoms with Crippen molar-refractivity contribution in [3.05, 3.63) is 125 Å². The lowest BCUT2D eigenvalue weighted by Crippen LogP contribution is -2.32. The number of fused-ring (bicyclic) bond motifs is 8. The van der Waals surface area contributed by atoms with Crippen LogP contribution in [0.15, 0.2) is 91.1 Å². The van der Waals surface area contributed by atoms with Crippen molar-refractivity contribution in [3.8, 4) is 22.5 Å². The van der Waals surface area contributed by atoms with E-state index >= 15 is 0 Å². The third-order valence-electron chi connectivity index (χ3n) is 10.3. The zero-order chi connectivity index (χ0) is 25.7. The summed E-state index contributed by atoms with van der Waals surface area (Å²) >= 11 is 0. The molecule has 0 radical (unpaired) electrons. The van der Waals surface area contributed by atoms with Crippen LogP contribution < -0.4 is 0 Å². The van der Waals surface area contributed by atoms with Gasteiger partial charge in [-0.1, -0.05) is 81.4 Å². The van der Waals surface area contributed by atoms with Crippen molar-refractivity contribution in [2.45, 2.75) is 50.4 Å². The van der Waals surface area contributed by atoms with E-state index < -0.39 is 5.41 Å². The van der Waals surface area contributed by atoms with Crippen LogP contribution in [0.2, 0.25) is 0 Å². The van der Waals surface area contributed by atoms with Gasteiger partial charge < -0.3 is 0 Å². The van der Waals surface area contributed by atoms with Gasteiger partial charge in [-0.25, -0.2) is 4.98 Å². The summed E-state index contributed by atoms with van der Waals surface area (Å²) < 4.78 is 0. The lowest BCUT2D eigenvalue weighted by atomic mass is 9.70. The topological polar surface area (TPSA) is 54.5 Å². The molecule has 186 valence electrons. The molecule has 5 aromatic rings. The number of aromatic nitrogens is 4. The lowest BCUT2D eigenvalue weighted by molar-refractivity contribution is 0.225. The second kappa shape index (κ2) is 7.28. The van der Waals surface area contributed by atoms with E-state index in [1.54, 1.807) is 0 Å². The summed E-state index contributed by atoms with van der Waals surface area (Å²) in [7, 11) is 0. The van der Waals surface area contributed by atoms with Crippen LogP contribution in [0.25, 0.3) is 22.5 Å². The first kappa shape index (κ1) is 22.0. The molecule has 8 rings (SSSR count). The van der Waals surface area contributed by atoms with Crippen LogP contribution in [0.1, 0.15) is 73.3 Å². The van der Waals surface area contributed by atoms with Crippen LogP contribution in [0.4, 0.5) is 0 Å². The molecule has 0 saturated heterocycles. The summed E-state index contributed by atoms with van der Waals surface area (Å²) in [5, 5.41) is 8.38. The van der Waals surface area contributed by atoms with Crippen molar-refractivity contribution in [1.29, 1.82) is 0 Å². The second-order valence-corrected chi connectivity index (χ2v) is 12.0. The first-order chi connectivity index (χ1) is 18.5. The molecular weight excluding hydrogens is 464 g/mol. The molecule has 1 saturated carbocycles. The van der Waals surface area contributed by atoms with Crippen LogP contribution in [0.3, 0.4) is 0 Å². The predicted molar refractivity (Wildman–Crippen MR) is 150 cm³/mol. The van der Waals surface area contributed by atoms with Crippen molar-refractivity contribution < 1.29 is 0 Å². The lowest BCUT2D eigenvalue weighted by Gasteiger charge is -2.34. The van der Waals surface area contributed by atoms with Crippen molar-refractivity contribution in [3.63, 3.8) is 0 Å². The normalized spacial score (nSPS) is 23.2. The minimum atomic E-state index is -0.603. The molecule has 3 aliphatic carbocycles. The number of aromatic amines is 1. The van der Waals surface area contributed by atoms with Crippen LogP contribution in [0.5, 0.6) is 0 Å². The molecule has 3 heterocycles. The molecule has 2 bridgehead atoms. The van der Waals surface area contributed by atoms with Gasteiger partial charge in [0.2, 0.25) is 0 Å². The number of pyridine rings is 2. The smallest absolute Gasteiger partial charge is 0.114 e. The molecular formula is C34H30N4. The average Bonchev–Trinajstić information content (AvgIpc) is 3.63. The number of hydrogen-bond acceptors (Lipinski definition) is 3. The molecule has 2 atom stereocenters. The van der Waals surface area contributed by atoms with Gasteiger partial charge >= 0.3 is 0 Å². The van der Waals surface area contributed by atoms with E-state index in [0.29, 0.717) is 5.92 Å². The number of benzene rings is 2. The Kier molecular flexibility index (Phi) is 4.21. The molecule has 0 aliphatic heterocycles. The maximum Gasteiger partial charge on any atom is 0.114 e. The quantitative estimate of drug-likeness (QED) is 0.279. The Morgan fingerprint density at radius 1 is 0.763 bits per heavy atom. The highest BCUT2D eigenvalue weighted by atomic mass is 15.2. The summed E-state index contributed by atoms with van der Waals surface area (Å²) in [6.45, 7) is 7.26. The van der Waals surface area contributed by atoms with E-state index in [1.807, 2.05) is 12.3 Å². The van der Waals surface area contributed by atoms with Gasteiger partial charge in [0.25, 0.3) is 0 Å². The molecule has 1 fully saturated rings. The maximum atomic E-state index is 5.45. The summed E-state index contributed by atoms with van der Waals surface area (Å²) in [6.07, 6.45) is 4.31. The Morgan fingerprint density at radius 3 is 2.16 bits per heavy atom. The number of hydrogen-bond donors (Lipinski definition) is 1. The maximum absolute atomic E-state index is 5.45. The molecule has 4 heteroatoms. The zero-order valence-electron chi connectivity index (χ0n) is 22.0. The molecule has 2 unspecified atom stereocenters. The fourth-order valence-corrected chi connectivity index (χ4v) is 8.04. The Morgan fingerprint density at radius 2 is 1.45 bits per heavy atom. The standard InChI is InChI=1S/C34H30N4/c1-32(2)25-18-19-33(32,3)31-29(25)30(37-38-31)26-15-10-17-28(36-26)34(27-16-8-9-20-35-27)23-13-6-4-11-21(23)22-12-5-7-14-24(22)34/h4-17,20,25H,18-19H2,1-3H3,(H,37,38). The van der Waals surface area contributed by atoms with Crippen LogP contribution >= 0.6 is 0 Å². The fraction of sp³-hybridized carbons (Fsp3) is 0.265. The van der Waals surface area contributed by atoms with Gasteiger partial charge in [-0.2, -0.15) is 5.10 Å². The summed E-state index contributed by atoms with van der Waals surface area (Å²) in [5.74, 6) is 0.499. The van der Waals surface area contributed by atoms with E-state index in [4.69, 9.17) is 15.1 Å². The van der Waals surface area contributed by atoms with Crippen molar-refractivity contribution in [2.24, 2.45) is 5.41 Å². The van der Waals surface area contributed by atoms with Gasteiger partial charge in [0.15, 0.2) is 0 Å². The van der Waals surface area contributed by atoms with Crippen molar-refractivity contribution >= 4 is 0 Å². The summed E-state index contributed by atoms with van der Waals surface area (Å²) in [4.78, 5) is 10.4. The molecule has 3 aliphatic rings. The number of nitrogens with zero attached hydrogens (tertiary/aromatic N) is 3. The number of rotatable bonds is 3. The van der Waals surface area contributed by atoms with Gasteiger partial charge in [0, 0.05) is 22.9 Å². The largest absolute Gasteiger partial charge is 0.281 e. The van der Waals surface area contributed by atoms with E-state index in [2.05, 4.69) is 105 Å². The summed E-state index contributed by atoms with van der Waals surface area (Å²) in [6, 6.07) is 30.1. The molecule has 38 heavy (non-hydrogen) atoms. The minimum absolute atomic E-state index is 0.133. The van der Waals surface area contributed by atoms with Crippen LogP contribution in [0, 0.1) is 5.41 Å². The van der Waals surface area contributed by atoms with Gasteiger partial charge in [-0.15, -0.1) is 0 Å². The van der Waals surface area contributed by atoms with Crippen LogP contribution in [-0.2, 0) is 10.8 Å². The van der Waals surface area contributed by atoms with Gasteiger partial charge in [-0.05, 0) is 70.7 Å². The number of nitrogens with one attached hydrogen (secondary N) is 1. The third-order valence-corrected chi connectivity index (χ3v) is 10.3. The van der Waals surface area contributed by atoms with E-state index in [1.165, 1.54) is 46.4 Å². The Hall–Kier alpha value is -4.05. The highest BCUT2D eigenvalue weighted by Gasteiger charge is 2.61. The highest BCUT2D eigenvalue weighted by molar-refractivity contribution is 5.85. The van der Waals surface area contributed by atoms with Crippen LogP contribution in [-0.4, -0.2) is 20.2 Å². The first-order valence-corrected chi connectivity index (χ1v) is 13.7. The van der Waals surface area contributed by atoms with Crippen molar-refractivity contribution in [1.82, 2.24) is 20.2 Å². The SMILES string of the molecule is CC12CCC(c3c(-c4cccc(C5(c6ccccn6)c6ccccc6-c6ccccc65)n4)n[nH]c31)C2(C)C. The monoisotopic (exact) mass is 494 g/mol. The molecule has 1 N–H and O–H groups in total.